The first-order valence-electron chi connectivity index (χ1n) is 9.60. The van der Waals surface area contributed by atoms with Crippen LogP contribution in [0.25, 0.3) is 10.9 Å². The highest BCUT2D eigenvalue weighted by atomic mass is 79.9. The Balaban J connectivity index is 1.35. The lowest BCUT2D eigenvalue weighted by atomic mass is 9.92. The van der Waals surface area contributed by atoms with E-state index in [0.717, 1.165) is 59.0 Å². The molecule has 6 nitrogen and oxygen atoms in total. The first-order valence-corrected chi connectivity index (χ1v) is 10.4. The molecule has 0 spiro atoms. The van der Waals surface area contributed by atoms with Crippen molar-refractivity contribution in [3.8, 4) is 5.75 Å². The number of hydrogen-bond acceptors (Lipinski definition) is 5. The Labute approximate surface area is 171 Å². The lowest BCUT2D eigenvalue weighted by Crippen LogP contribution is -2.39. The summed E-state index contributed by atoms with van der Waals surface area (Å²) in [6.07, 6.45) is 6.17. The summed E-state index contributed by atoms with van der Waals surface area (Å²) >= 11 is 3.54. The summed E-state index contributed by atoms with van der Waals surface area (Å²) in [5.41, 5.74) is 1.25. The molecule has 0 unspecified atom stereocenters. The van der Waals surface area contributed by atoms with Crippen LogP contribution in [0, 0.1) is 0 Å². The molecule has 1 aliphatic rings. The minimum Gasteiger partial charge on any atom is -0.490 e. The van der Waals surface area contributed by atoms with Crippen LogP contribution in [0.3, 0.4) is 0 Å². The summed E-state index contributed by atoms with van der Waals surface area (Å²) < 4.78 is 12.3. The second-order valence-electron chi connectivity index (χ2n) is 7.04. The molecule has 1 aliphatic carbocycles. The summed E-state index contributed by atoms with van der Waals surface area (Å²) in [6, 6.07) is 9.75. The van der Waals surface area contributed by atoms with E-state index in [0.29, 0.717) is 5.69 Å². The average molecular weight is 444 g/mol. The first-order chi connectivity index (χ1) is 13.6. The maximum Gasteiger partial charge on any atom is 0.273 e. The topological polar surface area (TPSA) is 77.2 Å². The molecule has 3 aromatic rings. The molecule has 0 bridgehead atoms. The third-order valence-corrected chi connectivity index (χ3v) is 5.76. The molecular weight excluding hydrogens is 422 g/mol. The number of carbonyl (C=O) groups excluding carboxylic acids is 1. The highest BCUT2D eigenvalue weighted by Gasteiger charge is 2.25. The van der Waals surface area contributed by atoms with Crippen molar-refractivity contribution in [2.45, 2.75) is 51.2 Å². The van der Waals surface area contributed by atoms with Gasteiger partial charge in [0.1, 0.15) is 11.5 Å². The molecule has 1 N–H and O–H groups in total. The zero-order valence-electron chi connectivity index (χ0n) is 15.7. The van der Waals surface area contributed by atoms with Crippen molar-refractivity contribution in [2.75, 3.05) is 0 Å². The third-order valence-electron chi connectivity index (χ3n) is 5.12. The van der Waals surface area contributed by atoms with Crippen LogP contribution in [-0.4, -0.2) is 28.2 Å². The number of pyridine rings is 1. The molecule has 0 aliphatic heterocycles. The number of fused-ring (bicyclic) bond motifs is 1. The number of hydrogen-bond donors (Lipinski definition) is 1. The summed E-state index contributed by atoms with van der Waals surface area (Å²) in [5.74, 6) is 1.41. The van der Waals surface area contributed by atoms with Crippen LogP contribution in [-0.2, 0) is 6.42 Å². The standard InChI is InChI=1S/C21H22BrN3O3/c1-2-14-12-18(25-28-14)21(26)24-13-6-8-15(9-7-13)27-19-10-11-23-20-16(19)4-3-5-17(20)22/h3-5,10-13,15H,2,6-9H2,1H3,(H,24,26). The average Bonchev–Trinajstić information content (AvgIpc) is 3.20. The van der Waals surface area contributed by atoms with Crippen molar-refractivity contribution in [2.24, 2.45) is 0 Å². The second kappa shape index (κ2) is 8.31. The molecule has 2 aromatic heterocycles. The normalized spacial score (nSPS) is 19.5. The number of carbonyl (C=O) groups is 1. The molecule has 4 rings (SSSR count). The van der Waals surface area contributed by atoms with E-state index in [2.05, 4.69) is 31.4 Å². The van der Waals surface area contributed by atoms with Gasteiger partial charge in [-0.25, -0.2) is 0 Å². The van der Waals surface area contributed by atoms with E-state index in [1.54, 1.807) is 12.3 Å². The lowest BCUT2D eigenvalue weighted by molar-refractivity contribution is 0.0886. The van der Waals surface area contributed by atoms with Gasteiger partial charge in [0.2, 0.25) is 0 Å². The zero-order chi connectivity index (χ0) is 19.5. The van der Waals surface area contributed by atoms with Gasteiger partial charge in [0.05, 0.1) is 11.6 Å². The lowest BCUT2D eigenvalue weighted by Gasteiger charge is -2.29. The largest absolute Gasteiger partial charge is 0.490 e. The fourth-order valence-electron chi connectivity index (χ4n) is 3.57. The fraction of sp³-hybridized carbons (Fsp3) is 0.381. The van der Waals surface area contributed by atoms with Gasteiger partial charge in [-0.05, 0) is 59.8 Å². The number of aromatic nitrogens is 2. The zero-order valence-corrected chi connectivity index (χ0v) is 17.2. The predicted octanol–water partition coefficient (Wildman–Crippen LogP) is 4.67. The van der Waals surface area contributed by atoms with E-state index in [-0.39, 0.29) is 18.1 Å². The van der Waals surface area contributed by atoms with E-state index >= 15 is 0 Å². The molecule has 28 heavy (non-hydrogen) atoms. The number of benzene rings is 1. The van der Waals surface area contributed by atoms with Gasteiger partial charge in [-0.3, -0.25) is 9.78 Å². The van der Waals surface area contributed by atoms with Crippen molar-refractivity contribution in [3.63, 3.8) is 0 Å². The Kier molecular flexibility index (Phi) is 5.62. The number of nitrogens with zero attached hydrogens (tertiary/aromatic N) is 2. The Morgan fingerprint density at radius 1 is 1.29 bits per heavy atom. The Morgan fingerprint density at radius 3 is 2.86 bits per heavy atom. The van der Waals surface area contributed by atoms with Crippen molar-refractivity contribution < 1.29 is 14.1 Å². The number of amides is 1. The van der Waals surface area contributed by atoms with Crippen molar-refractivity contribution in [3.05, 3.63) is 52.5 Å². The molecule has 7 heteroatoms. The number of rotatable bonds is 5. The van der Waals surface area contributed by atoms with Gasteiger partial charge in [-0.2, -0.15) is 0 Å². The van der Waals surface area contributed by atoms with Crippen LogP contribution >= 0.6 is 15.9 Å². The summed E-state index contributed by atoms with van der Waals surface area (Å²) in [5, 5.41) is 7.90. The number of nitrogens with one attached hydrogen (secondary N) is 1. The van der Waals surface area contributed by atoms with Gasteiger partial charge in [-0.15, -0.1) is 0 Å². The van der Waals surface area contributed by atoms with Gasteiger partial charge in [0, 0.05) is 34.6 Å². The van der Waals surface area contributed by atoms with Crippen molar-refractivity contribution in [1.82, 2.24) is 15.5 Å². The van der Waals surface area contributed by atoms with Gasteiger partial charge in [0.15, 0.2) is 5.69 Å². The Bertz CT molecular complexity index is 980. The van der Waals surface area contributed by atoms with Crippen molar-refractivity contribution >= 4 is 32.7 Å². The SMILES string of the molecule is CCc1cc(C(=O)NC2CCC(Oc3ccnc4c(Br)cccc34)CC2)no1. The minimum absolute atomic E-state index is 0.136. The van der Waals surface area contributed by atoms with E-state index in [1.807, 2.05) is 31.2 Å². The Morgan fingerprint density at radius 2 is 2.11 bits per heavy atom. The van der Waals surface area contributed by atoms with Crippen LogP contribution in [0.4, 0.5) is 0 Å². The molecule has 1 saturated carbocycles. The van der Waals surface area contributed by atoms with Crippen LogP contribution in [0.2, 0.25) is 0 Å². The number of ether oxygens (including phenoxy) is 1. The monoisotopic (exact) mass is 443 g/mol. The molecule has 0 atom stereocenters. The molecule has 0 radical (unpaired) electrons. The first kappa shape index (κ1) is 18.9. The van der Waals surface area contributed by atoms with E-state index in [4.69, 9.17) is 9.26 Å². The maximum absolute atomic E-state index is 12.3. The van der Waals surface area contributed by atoms with E-state index < -0.39 is 0 Å². The third kappa shape index (κ3) is 4.04. The predicted molar refractivity (Wildman–Crippen MR) is 109 cm³/mol. The van der Waals surface area contributed by atoms with Crippen molar-refractivity contribution in [1.29, 1.82) is 0 Å². The molecule has 1 fully saturated rings. The summed E-state index contributed by atoms with van der Waals surface area (Å²) in [6.45, 7) is 1.97. The molecule has 146 valence electrons. The second-order valence-corrected chi connectivity index (χ2v) is 7.90. The summed E-state index contributed by atoms with van der Waals surface area (Å²) in [7, 11) is 0. The highest BCUT2D eigenvalue weighted by molar-refractivity contribution is 9.10. The smallest absolute Gasteiger partial charge is 0.273 e. The van der Waals surface area contributed by atoms with Gasteiger partial charge >= 0.3 is 0 Å². The van der Waals surface area contributed by atoms with E-state index in [9.17, 15) is 4.79 Å². The molecule has 1 aromatic carbocycles. The molecule has 0 saturated heterocycles. The fourth-order valence-corrected chi connectivity index (χ4v) is 4.04. The number of aryl methyl sites for hydroxylation is 1. The number of halogens is 1. The molecule has 2 heterocycles. The van der Waals surface area contributed by atoms with Gasteiger partial charge in [0.25, 0.3) is 5.91 Å². The molecule has 1 amide bonds. The molecular formula is C21H22BrN3O3. The minimum atomic E-state index is -0.169. The highest BCUT2D eigenvalue weighted by Crippen LogP contribution is 2.31. The van der Waals surface area contributed by atoms with Crippen LogP contribution in [0.1, 0.15) is 48.9 Å². The Hall–Kier alpha value is -2.41. The van der Waals surface area contributed by atoms with Gasteiger partial charge in [-0.1, -0.05) is 18.1 Å². The van der Waals surface area contributed by atoms with Crippen LogP contribution in [0.15, 0.2) is 45.5 Å². The van der Waals surface area contributed by atoms with E-state index in [1.165, 1.54) is 0 Å². The number of para-hydroxylation sites is 1. The van der Waals surface area contributed by atoms with Gasteiger partial charge < -0.3 is 14.6 Å². The van der Waals surface area contributed by atoms with Crippen LogP contribution < -0.4 is 10.1 Å². The quantitative estimate of drug-likeness (QED) is 0.619. The maximum atomic E-state index is 12.3. The van der Waals surface area contributed by atoms with Crippen LogP contribution in [0.5, 0.6) is 5.75 Å². The summed E-state index contributed by atoms with van der Waals surface area (Å²) in [4.78, 5) is 16.7.